The molecule has 0 unspecified atom stereocenters. The fraction of sp³-hybridized carbons (Fsp3) is 0.294. The van der Waals surface area contributed by atoms with E-state index in [2.05, 4.69) is 0 Å². The molecule has 10 nitrogen and oxygen atoms in total. The molecule has 0 atom stereocenters. The minimum Gasteiger partial charge on any atom is -0.486 e. The number of fused-ring (bicyclic) bond motifs is 1. The number of anilines is 1. The van der Waals surface area contributed by atoms with Crippen LogP contribution in [0.2, 0.25) is 0 Å². The molecule has 0 radical (unpaired) electrons. The minimum absolute atomic E-state index is 0.0942. The molecule has 10 heteroatoms. The number of aromatic nitrogens is 2. The van der Waals surface area contributed by atoms with Crippen LogP contribution < -0.4 is 26.5 Å². The predicted molar refractivity (Wildman–Crippen MR) is 93.1 cm³/mol. The van der Waals surface area contributed by atoms with Gasteiger partial charge >= 0.3 is 11.7 Å². The van der Waals surface area contributed by atoms with Gasteiger partial charge in [-0.1, -0.05) is 6.07 Å². The fourth-order valence-corrected chi connectivity index (χ4v) is 2.54. The third-order valence-corrected chi connectivity index (χ3v) is 3.97. The summed E-state index contributed by atoms with van der Waals surface area (Å²) in [5, 5.41) is 0. The Balaban J connectivity index is 1.64. The number of hydrogen-bond acceptors (Lipinski definition) is 8. The van der Waals surface area contributed by atoms with Crippen molar-refractivity contribution >= 4 is 17.6 Å². The molecule has 142 valence electrons. The third-order valence-electron chi connectivity index (χ3n) is 3.97. The number of nitrogens with two attached hydrogens (primary N) is 1. The smallest absolute Gasteiger partial charge is 0.329 e. The molecule has 2 aromatic rings. The summed E-state index contributed by atoms with van der Waals surface area (Å²) in [5.74, 6) is -0.638. The van der Waals surface area contributed by atoms with Crippen LogP contribution in [0.25, 0.3) is 0 Å². The van der Waals surface area contributed by atoms with Crippen molar-refractivity contribution in [1.29, 1.82) is 0 Å². The average Bonchev–Trinajstić information content (AvgIpc) is 2.64. The van der Waals surface area contributed by atoms with E-state index in [4.69, 9.17) is 19.9 Å². The molecule has 2 heterocycles. The van der Waals surface area contributed by atoms with Crippen molar-refractivity contribution in [1.82, 2.24) is 9.55 Å². The highest BCUT2D eigenvalue weighted by molar-refractivity contribution is 6.01. The van der Waals surface area contributed by atoms with Gasteiger partial charge in [-0.2, -0.15) is 0 Å². The molecule has 0 saturated carbocycles. The first kappa shape index (κ1) is 18.2. The summed E-state index contributed by atoms with van der Waals surface area (Å²) >= 11 is 0. The molecule has 0 amide bonds. The van der Waals surface area contributed by atoms with Crippen LogP contribution in [0.3, 0.4) is 0 Å². The van der Waals surface area contributed by atoms with Crippen LogP contribution in [0.5, 0.6) is 11.5 Å². The van der Waals surface area contributed by atoms with E-state index in [0.717, 1.165) is 4.57 Å². The van der Waals surface area contributed by atoms with Crippen LogP contribution >= 0.6 is 0 Å². The number of esters is 1. The van der Waals surface area contributed by atoms with Crippen LogP contribution in [0.15, 0.2) is 27.8 Å². The molecule has 0 spiro atoms. The van der Waals surface area contributed by atoms with Crippen molar-refractivity contribution in [3.8, 4) is 11.5 Å². The van der Waals surface area contributed by atoms with E-state index in [1.807, 2.05) is 4.98 Å². The number of nitrogen functional groups attached to an aromatic ring is 1. The molecule has 0 bridgehead atoms. The van der Waals surface area contributed by atoms with Crippen LogP contribution in [-0.2, 0) is 23.0 Å². The molecule has 3 N–H and O–H groups in total. The highest BCUT2D eigenvalue weighted by atomic mass is 16.6. The topological polar surface area (TPSA) is 143 Å². The lowest BCUT2D eigenvalue weighted by atomic mass is 10.1. The van der Waals surface area contributed by atoms with Gasteiger partial charge in [0.2, 0.25) is 5.78 Å². The summed E-state index contributed by atoms with van der Waals surface area (Å²) in [7, 11) is 1.30. The number of benzene rings is 1. The second-order valence-corrected chi connectivity index (χ2v) is 5.82. The normalized spacial score (nSPS) is 12.5. The number of hydrogen-bond donors (Lipinski definition) is 2. The van der Waals surface area contributed by atoms with Gasteiger partial charge in [-0.05, 0) is 17.7 Å². The number of H-pyrrole nitrogens is 1. The second kappa shape index (κ2) is 7.36. The zero-order valence-electron chi connectivity index (χ0n) is 14.4. The maximum atomic E-state index is 12.2. The van der Waals surface area contributed by atoms with Gasteiger partial charge in [-0.3, -0.25) is 23.9 Å². The van der Waals surface area contributed by atoms with Gasteiger partial charge < -0.3 is 19.9 Å². The Labute approximate surface area is 152 Å². The molecule has 1 aliphatic rings. The Kier molecular flexibility index (Phi) is 4.97. The van der Waals surface area contributed by atoms with Gasteiger partial charge in [0, 0.05) is 7.05 Å². The summed E-state index contributed by atoms with van der Waals surface area (Å²) in [6.45, 7) is 0.212. The summed E-state index contributed by atoms with van der Waals surface area (Å²) in [6, 6.07) is 5.03. The number of nitrogens with zero attached hydrogens (tertiary/aromatic N) is 1. The molecular weight excluding hydrogens is 358 g/mol. The van der Waals surface area contributed by atoms with Gasteiger partial charge in [0.05, 0.1) is 6.42 Å². The maximum absolute atomic E-state index is 12.2. The number of rotatable bonds is 5. The highest BCUT2D eigenvalue weighted by Crippen LogP contribution is 2.30. The number of ether oxygens (including phenoxy) is 3. The molecular formula is C17H17N3O7. The lowest BCUT2D eigenvalue weighted by molar-refractivity contribution is -0.141. The molecule has 1 aromatic carbocycles. The highest BCUT2D eigenvalue weighted by Gasteiger charge is 2.20. The van der Waals surface area contributed by atoms with E-state index in [9.17, 15) is 19.2 Å². The SMILES string of the molecule is Cn1c(N)c(C(=O)COC(=O)Cc2ccc3c(c2)OCCO3)c(=O)[nH]c1=O. The Morgan fingerprint density at radius 1 is 1.22 bits per heavy atom. The van der Waals surface area contributed by atoms with Gasteiger partial charge in [0.25, 0.3) is 5.56 Å². The first-order chi connectivity index (χ1) is 12.9. The van der Waals surface area contributed by atoms with E-state index in [1.165, 1.54) is 7.05 Å². The quantitative estimate of drug-likeness (QED) is 0.521. The lowest BCUT2D eigenvalue weighted by Gasteiger charge is -2.18. The van der Waals surface area contributed by atoms with E-state index in [0.29, 0.717) is 30.3 Å². The van der Waals surface area contributed by atoms with E-state index < -0.39 is 35.2 Å². The molecule has 3 rings (SSSR count). The first-order valence-electron chi connectivity index (χ1n) is 8.03. The number of Topliss-reactive ketones (excluding diaryl/α,β-unsaturated/α-hetero) is 1. The number of aromatic amines is 1. The van der Waals surface area contributed by atoms with Crippen molar-refractivity contribution < 1.29 is 23.8 Å². The molecule has 0 aliphatic carbocycles. The van der Waals surface area contributed by atoms with Crippen molar-refractivity contribution in [2.45, 2.75) is 6.42 Å². The summed E-state index contributed by atoms with van der Waals surface area (Å²) in [5.41, 5.74) is 4.16. The average molecular weight is 375 g/mol. The van der Waals surface area contributed by atoms with E-state index in [-0.39, 0.29) is 12.2 Å². The van der Waals surface area contributed by atoms with Gasteiger partial charge in [0.15, 0.2) is 18.1 Å². The van der Waals surface area contributed by atoms with Crippen molar-refractivity contribution in [2.24, 2.45) is 7.05 Å². The zero-order chi connectivity index (χ0) is 19.6. The fourth-order valence-electron chi connectivity index (χ4n) is 2.54. The van der Waals surface area contributed by atoms with Crippen molar-refractivity contribution in [3.63, 3.8) is 0 Å². The molecule has 1 aromatic heterocycles. The molecule has 0 fully saturated rings. The van der Waals surface area contributed by atoms with E-state index in [1.54, 1.807) is 18.2 Å². The Hall–Kier alpha value is -3.56. The van der Waals surface area contributed by atoms with Crippen LogP contribution in [0.1, 0.15) is 15.9 Å². The Bertz CT molecular complexity index is 1020. The summed E-state index contributed by atoms with van der Waals surface area (Å²) in [4.78, 5) is 49.3. The number of ketones is 1. The summed E-state index contributed by atoms with van der Waals surface area (Å²) < 4.78 is 16.7. The zero-order valence-corrected chi connectivity index (χ0v) is 14.4. The van der Waals surface area contributed by atoms with Gasteiger partial charge in [0.1, 0.15) is 24.6 Å². The van der Waals surface area contributed by atoms with Crippen molar-refractivity contribution in [3.05, 3.63) is 50.2 Å². The van der Waals surface area contributed by atoms with Crippen LogP contribution in [-0.4, -0.2) is 41.1 Å². The third kappa shape index (κ3) is 3.84. The monoisotopic (exact) mass is 375 g/mol. The summed E-state index contributed by atoms with van der Waals surface area (Å²) in [6.07, 6.45) is -0.0942. The van der Waals surface area contributed by atoms with Gasteiger partial charge in [-0.25, -0.2) is 4.79 Å². The van der Waals surface area contributed by atoms with Crippen LogP contribution in [0.4, 0.5) is 5.82 Å². The molecule has 1 aliphatic heterocycles. The van der Waals surface area contributed by atoms with Crippen LogP contribution in [0, 0.1) is 0 Å². The largest absolute Gasteiger partial charge is 0.486 e. The lowest BCUT2D eigenvalue weighted by Crippen LogP contribution is -2.35. The predicted octanol–water partition coefficient (Wildman–Crippen LogP) is -0.604. The first-order valence-corrected chi connectivity index (χ1v) is 8.03. The standard InChI is InChI=1S/C17H17N3O7/c1-20-15(18)14(16(23)19-17(20)24)10(21)8-27-13(22)7-9-2-3-11-12(6-9)26-5-4-25-11/h2-3,6H,4-5,7-8,18H2,1H3,(H,19,23,24). The number of carbonyl (C=O) groups is 2. The second-order valence-electron chi connectivity index (χ2n) is 5.82. The van der Waals surface area contributed by atoms with E-state index >= 15 is 0 Å². The Morgan fingerprint density at radius 2 is 1.93 bits per heavy atom. The molecule has 27 heavy (non-hydrogen) atoms. The number of carbonyl (C=O) groups excluding carboxylic acids is 2. The molecule has 0 saturated heterocycles. The Morgan fingerprint density at radius 3 is 2.67 bits per heavy atom. The minimum atomic E-state index is -0.927. The van der Waals surface area contributed by atoms with Gasteiger partial charge in [-0.15, -0.1) is 0 Å². The maximum Gasteiger partial charge on any atom is 0.329 e. The van der Waals surface area contributed by atoms with Crippen molar-refractivity contribution in [2.75, 3.05) is 25.6 Å². The number of nitrogens with one attached hydrogen (secondary N) is 1.